The van der Waals surface area contributed by atoms with Gasteiger partial charge in [0.1, 0.15) is 17.7 Å². The summed E-state index contributed by atoms with van der Waals surface area (Å²) in [5.41, 5.74) is -1.93. The lowest BCUT2D eigenvalue weighted by Crippen LogP contribution is -2.44. The molecule has 0 aliphatic carbocycles. The van der Waals surface area contributed by atoms with Crippen molar-refractivity contribution in [2.45, 2.75) is 30.0 Å². The molecule has 1 aliphatic heterocycles. The van der Waals surface area contributed by atoms with E-state index in [4.69, 9.17) is 9.84 Å². The van der Waals surface area contributed by atoms with Gasteiger partial charge in [-0.15, -0.1) is 0 Å². The fraction of sp³-hybridized carbons (Fsp3) is 0.208. The predicted molar refractivity (Wildman–Crippen MR) is 119 cm³/mol. The summed E-state index contributed by atoms with van der Waals surface area (Å²) in [4.78, 5) is 10.3. The Morgan fingerprint density at radius 2 is 1.65 bits per heavy atom. The topological polar surface area (TPSA) is 83.9 Å². The number of halogens is 6. The molecule has 0 amide bonds. The molecule has 3 aromatic rings. The minimum Gasteiger partial charge on any atom is -0.483 e. The monoisotopic (exact) mass is 545 g/mol. The van der Waals surface area contributed by atoms with Gasteiger partial charge in [0.25, 0.3) is 10.0 Å². The number of carboxylic acid groups (broad SMARTS) is 1. The molecule has 0 radical (unpaired) electrons. The molecule has 0 fully saturated rings. The normalized spacial score (nSPS) is 15.7. The summed E-state index contributed by atoms with van der Waals surface area (Å²) < 4.78 is 116. The SMILES string of the molecule is O=C(O)CC[C@H]1CN(S(=O)(=O)c2cccc(C(F)(F)F)c2)c2cc(-c3cc(F)cc(F)c3)cc(F)c2O1. The van der Waals surface area contributed by atoms with Crippen molar-refractivity contribution >= 4 is 21.7 Å². The average Bonchev–Trinajstić information content (AvgIpc) is 2.81. The highest BCUT2D eigenvalue weighted by Gasteiger charge is 2.38. The van der Waals surface area contributed by atoms with Gasteiger partial charge in [-0.2, -0.15) is 13.2 Å². The van der Waals surface area contributed by atoms with Gasteiger partial charge in [0.15, 0.2) is 11.6 Å². The van der Waals surface area contributed by atoms with Crippen molar-refractivity contribution in [3.8, 4) is 16.9 Å². The molecule has 3 aromatic carbocycles. The smallest absolute Gasteiger partial charge is 0.416 e. The first-order valence-corrected chi connectivity index (χ1v) is 12.1. The van der Waals surface area contributed by atoms with Crippen molar-refractivity contribution in [3.05, 3.63) is 77.6 Å². The Labute approximate surface area is 206 Å². The first-order chi connectivity index (χ1) is 17.3. The summed E-state index contributed by atoms with van der Waals surface area (Å²) >= 11 is 0. The van der Waals surface area contributed by atoms with Gasteiger partial charge >= 0.3 is 12.1 Å². The summed E-state index contributed by atoms with van der Waals surface area (Å²) in [7, 11) is -4.77. The molecule has 6 nitrogen and oxygen atoms in total. The Morgan fingerprint density at radius 1 is 1.00 bits per heavy atom. The van der Waals surface area contributed by atoms with Gasteiger partial charge in [-0.05, 0) is 60.0 Å². The maximum absolute atomic E-state index is 15.2. The zero-order chi connectivity index (χ0) is 27.1. The van der Waals surface area contributed by atoms with Crippen LogP contribution in [0.2, 0.25) is 0 Å². The lowest BCUT2D eigenvalue weighted by Gasteiger charge is -2.36. The highest BCUT2D eigenvalue weighted by atomic mass is 32.2. The largest absolute Gasteiger partial charge is 0.483 e. The molecule has 1 N–H and O–H groups in total. The van der Waals surface area contributed by atoms with E-state index in [9.17, 15) is 35.2 Å². The zero-order valence-electron chi connectivity index (χ0n) is 18.6. The number of fused-ring (bicyclic) bond motifs is 1. The van der Waals surface area contributed by atoms with Crippen LogP contribution in [-0.4, -0.2) is 32.1 Å². The van der Waals surface area contributed by atoms with E-state index in [2.05, 4.69) is 0 Å². The molecule has 0 spiro atoms. The number of aliphatic carboxylic acids is 1. The van der Waals surface area contributed by atoms with E-state index < -0.39 is 80.6 Å². The van der Waals surface area contributed by atoms with E-state index in [0.29, 0.717) is 22.5 Å². The fourth-order valence-corrected chi connectivity index (χ4v) is 5.42. The number of ether oxygens (including phenoxy) is 1. The second kappa shape index (κ2) is 9.61. The van der Waals surface area contributed by atoms with E-state index in [1.54, 1.807) is 0 Å². The summed E-state index contributed by atoms with van der Waals surface area (Å²) in [6.07, 6.45) is -6.70. The molecule has 1 aliphatic rings. The molecule has 0 saturated carbocycles. The quantitative estimate of drug-likeness (QED) is 0.407. The summed E-state index contributed by atoms with van der Waals surface area (Å²) in [6.45, 7) is -0.556. The Kier molecular flexibility index (Phi) is 6.84. The average molecular weight is 545 g/mol. The van der Waals surface area contributed by atoms with Crippen molar-refractivity contribution in [2.24, 2.45) is 0 Å². The number of hydrogen-bond donors (Lipinski definition) is 1. The van der Waals surface area contributed by atoms with Crippen LogP contribution in [-0.2, 0) is 21.0 Å². The third kappa shape index (κ3) is 5.50. The molecule has 196 valence electrons. The fourth-order valence-electron chi connectivity index (χ4n) is 3.88. The zero-order valence-corrected chi connectivity index (χ0v) is 19.4. The first-order valence-electron chi connectivity index (χ1n) is 10.6. The third-order valence-electron chi connectivity index (χ3n) is 5.57. The number of anilines is 1. The number of rotatable bonds is 6. The second-order valence-electron chi connectivity index (χ2n) is 8.20. The van der Waals surface area contributed by atoms with Crippen LogP contribution >= 0.6 is 0 Å². The maximum Gasteiger partial charge on any atom is 0.416 e. The molecule has 0 saturated heterocycles. The van der Waals surface area contributed by atoms with E-state index in [0.717, 1.165) is 36.4 Å². The van der Waals surface area contributed by atoms with Crippen LogP contribution in [0, 0.1) is 17.5 Å². The van der Waals surface area contributed by atoms with Crippen LogP contribution in [0.3, 0.4) is 0 Å². The first kappa shape index (κ1) is 26.3. The van der Waals surface area contributed by atoms with Crippen LogP contribution < -0.4 is 9.04 Å². The molecule has 1 atom stereocenters. The van der Waals surface area contributed by atoms with Crippen molar-refractivity contribution in [2.75, 3.05) is 10.8 Å². The Balaban J connectivity index is 1.87. The highest BCUT2D eigenvalue weighted by molar-refractivity contribution is 7.92. The number of hydrogen-bond acceptors (Lipinski definition) is 4. The molecule has 4 rings (SSSR count). The van der Waals surface area contributed by atoms with Crippen molar-refractivity contribution < 1.29 is 49.4 Å². The minimum atomic E-state index is -4.85. The number of nitrogens with zero attached hydrogens (tertiary/aromatic N) is 1. The number of alkyl halides is 3. The van der Waals surface area contributed by atoms with E-state index in [-0.39, 0.29) is 17.5 Å². The van der Waals surface area contributed by atoms with Crippen molar-refractivity contribution in [1.29, 1.82) is 0 Å². The number of sulfonamides is 1. The van der Waals surface area contributed by atoms with Gasteiger partial charge < -0.3 is 9.84 Å². The predicted octanol–water partition coefficient (Wildman–Crippen LogP) is 5.61. The summed E-state index contributed by atoms with van der Waals surface area (Å²) in [6, 6.07) is 7.19. The van der Waals surface area contributed by atoms with E-state index in [1.807, 2.05) is 0 Å². The standard InChI is InChI=1S/C24H17F6NO5S/c25-16-6-13(7-17(26)11-16)14-8-20(27)23-21(9-14)31(12-18(36-23)4-5-22(32)33)37(34,35)19-3-1-2-15(10-19)24(28,29)30/h1-3,6-11,18H,4-5,12H2,(H,32,33)/t18-/m0/s1. The van der Waals surface area contributed by atoms with Crippen molar-refractivity contribution in [1.82, 2.24) is 0 Å². The Bertz CT molecular complexity index is 1450. The lowest BCUT2D eigenvalue weighted by molar-refractivity contribution is -0.138. The second-order valence-corrected chi connectivity index (χ2v) is 10.1. The van der Waals surface area contributed by atoms with Crippen LogP contribution in [0.4, 0.5) is 32.0 Å². The molecular formula is C24H17F6NO5S. The molecule has 0 aromatic heterocycles. The van der Waals surface area contributed by atoms with Gasteiger partial charge in [-0.25, -0.2) is 21.6 Å². The minimum absolute atomic E-state index is 0.133. The van der Waals surface area contributed by atoms with Gasteiger partial charge in [-0.3, -0.25) is 9.10 Å². The Hall–Kier alpha value is -3.74. The maximum atomic E-state index is 15.2. The van der Waals surface area contributed by atoms with Crippen LogP contribution in [0.1, 0.15) is 18.4 Å². The van der Waals surface area contributed by atoms with Gasteiger partial charge in [0.2, 0.25) is 0 Å². The molecule has 0 bridgehead atoms. The molecule has 1 heterocycles. The summed E-state index contributed by atoms with van der Waals surface area (Å²) in [5, 5.41) is 8.98. The third-order valence-corrected chi connectivity index (χ3v) is 7.35. The molecule has 37 heavy (non-hydrogen) atoms. The van der Waals surface area contributed by atoms with Crippen LogP contribution in [0.5, 0.6) is 5.75 Å². The van der Waals surface area contributed by atoms with Crippen LogP contribution in [0.25, 0.3) is 11.1 Å². The van der Waals surface area contributed by atoms with E-state index in [1.165, 1.54) is 0 Å². The van der Waals surface area contributed by atoms with Crippen molar-refractivity contribution in [3.63, 3.8) is 0 Å². The molecule has 13 heteroatoms. The highest BCUT2D eigenvalue weighted by Crippen LogP contribution is 2.43. The number of carboxylic acids is 1. The molecular weight excluding hydrogens is 528 g/mol. The molecule has 0 unspecified atom stereocenters. The van der Waals surface area contributed by atoms with Crippen LogP contribution in [0.15, 0.2) is 59.5 Å². The van der Waals surface area contributed by atoms with Gasteiger partial charge in [0, 0.05) is 12.5 Å². The number of carbonyl (C=O) groups is 1. The van der Waals surface area contributed by atoms with E-state index >= 15 is 4.39 Å². The lowest BCUT2D eigenvalue weighted by atomic mass is 10.0. The summed E-state index contributed by atoms with van der Waals surface area (Å²) in [5.74, 6) is -4.91. The Morgan fingerprint density at radius 3 is 2.27 bits per heavy atom. The van der Waals surface area contributed by atoms with Gasteiger partial charge in [-0.1, -0.05) is 6.07 Å². The van der Waals surface area contributed by atoms with Gasteiger partial charge in [0.05, 0.1) is 22.7 Å². The number of benzene rings is 3.